The number of alkyl halides is 3. The molecule has 2 aromatic carbocycles. The smallest absolute Gasteiger partial charge is 0.419 e. The summed E-state index contributed by atoms with van der Waals surface area (Å²) in [5.41, 5.74) is 0.945. The Labute approximate surface area is 173 Å². The standard InChI is InChI=1S/C21H17F4NO3S/c1-11-3-4-13(8-19(27)28)7-18(11)30-10-17-12(2)26-20(29-17)14-5-6-15(16(22)9-14)21(23,24)25/h3-7,9H,8,10H2,1-2H3,(H,27,28). The van der Waals surface area contributed by atoms with Crippen molar-refractivity contribution < 1.29 is 31.9 Å². The number of aliphatic carboxylic acids is 1. The van der Waals surface area contributed by atoms with Crippen LogP contribution < -0.4 is 0 Å². The average molecular weight is 439 g/mol. The van der Waals surface area contributed by atoms with Crippen LogP contribution in [0.4, 0.5) is 17.6 Å². The number of benzene rings is 2. The van der Waals surface area contributed by atoms with Crippen LogP contribution in [0.1, 0.15) is 28.1 Å². The van der Waals surface area contributed by atoms with Crippen molar-refractivity contribution in [1.82, 2.24) is 4.98 Å². The van der Waals surface area contributed by atoms with Gasteiger partial charge in [-0.05, 0) is 49.2 Å². The number of carbonyl (C=O) groups is 1. The van der Waals surface area contributed by atoms with Gasteiger partial charge in [-0.3, -0.25) is 4.79 Å². The van der Waals surface area contributed by atoms with Crippen molar-refractivity contribution in [3.8, 4) is 11.5 Å². The van der Waals surface area contributed by atoms with E-state index in [0.29, 0.717) is 28.8 Å². The van der Waals surface area contributed by atoms with Crippen molar-refractivity contribution in [1.29, 1.82) is 0 Å². The number of aryl methyl sites for hydroxylation is 2. The number of nitrogens with zero attached hydrogens (tertiary/aromatic N) is 1. The second-order valence-corrected chi connectivity index (χ2v) is 7.70. The summed E-state index contributed by atoms with van der Waals surface area (Å²) >= 11 is 1.42. The van der Waals surface area contributed by atoms with Crippen LogP contribution >= 0.6 is 11.8 Å². The number of carboxylic acids is 1. The highest BCUT2D eigenvalue weighted by atomic mass is 32.2. The lowest BCUT2D eigenvalue weighted by atomic mass is 10.1. The van der Waals surface area contributed by atoms with Gasteiger partial charge in [-0.1, -0.05) is 12.1 Å². The van der Waals surface area contributed by atoms with Gasteiger partial charge in [-0.2, -0.15) is 13.2 Å². The first-order valence-corrected chi connectivity index (χ1v) is 9.80. The molecule has 0 amide bonds. The van der Waals surface area contributed by atoms with Crippen molar-refractivity contribution in [2.75, 3.05) is 0 Å². The number of carboxylic acid groups (broad SMARTS) is 1. The zero-order chi connectivity index (χ0) is 22.1. The quantitative estimate of drug-likeness (QED) is 0.375. The second kappa shape index (κ2) is 8.51. The van der Waals surface area contributed by atoms with E-state index in [0.717, 1.165) is 22.6 Å². The van der Waals surface area contributed by atoms with E-state index in [1.807, 2.05) is 13.0 Å². The predicted octanol–water partition coefficient (Wildman–Crippen LogP) is 6.04. The molecule has 0 bridgehead atoms. The molecule has 0 saturated heterocycles. The normalized spacial score (nSPS) is 11.7. The molecule has 3 aromatic rings. The zero-order valence-electron chi connectivity index (χ0n) is 16.0. The molecule has 0 spiro atoms. The summed E-state index contributed by atoms with van der Waals surface area (Å²) in [7, 11) is 0. The van der Waals surface area contributed by atoms with Crippen LogP contribution in [0.15, 0.2) is 45.7 Å². The monoisotopic (exact) mass is 439 g/mol. The molecule has 0 radical (unpaired) electrons. The molecule has 0 fully saturated rings. The van der Waals surface area contributed by atoms with Crippen LogP contribution in [0.3, 0.4) is 0 Å². The third-order valence-corrected chi connectivity index (χ3v) is 5.54. The maximum Gasteiger partial charge on any atom is 0.419 e. The van der Waals surface area contributed by atoms with E-state index in [2.05, 4.69) is 4.98 Å². The van der Waals surface area contributed by atoms with E-state index in [1.165, 1.54) is 11.8 Å². The summed E-state index contributed by atoms with van der Waals surface area (Å²) in [5, 5.41) is 8.94. The van der Waals surface area contributed by atoms with E-state index in [4.69, 9.17) is 9.52 Å². The minimum atomic E-state index is -4.77. The van der Waals surface area contributed by atoms with Gasteiger partial charge in [-0.25, -0.2) is 9.37 Å². The summed E-state index contributed by atoms with van der Waals surface area (Å²) in [6.45, 7) is 3.59. The average Bonchev–Trinajstić information content (AvgIpc) is 3.01. The predicted molar refractivity (Wildman–Crippen MR) is 104 cm³/mol. The first-order valence-electron chi connectivity index (χ1n) is 8.82. The molecule has 0 aliphatic heterocycles. The molecule has 4 nitrogen and oxygen atoms in total. The number of hydrogen-bond donors (Lipinski definition) is 1. The molecule has 1 heterocycles. The van der Waals surface area contributed by atoms with E-state index in [1.54, 1.807) is 19.1 Å². The third kappa shape index (κ3) is 5.02. The van der Waals surface area contributed by atoms with Crippen molar-refractivity contribution in [3.63, 3.8) is 0 Å². The molecule has 0 atom stereocenters. The Balaban J connectivity index is 1.79. The Morgan fingerprint density at radius 2 is 1.90 bits per heavy atom. The molecule has 3 rings (SSSR count). The van der Waals surface area contributed by atoms with E-state index >= 15 is 0 Å². The van der Waals surface area contributed by atoms with E-state index in [-0.39, 0.29) is 17.9 Å². The fraction of sp³-hybridized carbons (Fsp3) is 0.238. The number of halogens is 4. The SMILES string of the molecule is Cc1ccc(CC(=O)O)cc1SCc1oc(-c2ccc(C(F)(F)F)c(F)c2)nc1C. The van der Waals surface area contributed by atoms with Gasteiger partial charge in [-0.15, -0.1) is 11.8 Å². The zero-order valence-corrected chi connectivity index (χ0v) is 16.8. The first kappa shape index (κ1) is 21.9. The molecule has 0 aliphatic carbocycles. The maximum atomic E-state index is 13.8. The number of hydrogen-bond acceptors (Lipinski definition) is 4. The van der Waals surface area contributed by atoms with Gasteiger partial charge in [0.05, 0.1) is 23.4 Å². The molecular formula is C21H17F4NO3S. The summed E-state index contributed by atoms with van der Waals surface area (Å²) in [5.74, 6) is -1.41. The van der Waals surface area contributed by atoms with E-state index in [9.17, 15) is 22.4 Å². The van der Waals surface area contributed by atoms with Crippen LogP contribution in [0.2, 0.25) is 0 Å². The molecule has 0 unspecified atom stereocenters. The van der Waals surface area contributed by atoms with Crippen LogP contribution in [0.5, 0.6) is 0 Å². The van der Waals surface area contributed by atoms with Crippen molar-refractivity contribution >= 4 is 17.7 Å². The summed E-state index contributed by atoms with van der Waals surface area (Å²) in [6, 6.07) is 7.93. The number of rotatable bonds is 6. The number of oxazole rings is 1. The maximum absolute atomic E-state index is 13.8. The number of thioether (sulfide) groups is 1. The van der Waals surface area contributed by atoms with Crippen molar-refractivity contribution in [2.45, 2.75) is 37.1 Å². The van der Waals surface area contributed by atoms with Crippen molar-refractivity contribution in [3.05, 3.63) is 70.4 Å². The Morgan fingerprint density at radius 3 is 2.53 bits per heavy atom. The summed E-state index contributed by atoms with van der Waals surface area (Å²) in [6.07, 6.45) is -4.86. The highest BCUT2D eigenvalue weighted by Crippen LogP contribution is 2.34. The molecule has 1 N–H and O–H groups in total. The summed E-state index contributed by atoms with van der Waals surface area (Å²) in [4.78, 5) is 16.0. The Morgan fingerprint density at radius 1 is 1.17 bits per heavy atom. The highest BCUT2D eigenvalue weighted by molar-refractivity contribution is 7.98. The minimum absolute atomic E-state index is 0.0343. The first-order chi connectivity index (χ1) is 14.0. The topological polar surface area (TPSA) is 63.3 Å². The van der Waals surface area contributed by atoms with Crippen molar-refractivity contribution in [2.24, 2.45) is 0 Å². The van der Waals surface area contributed by atoms with Gasteiger partial charge >= 0.3 is 12.1 Å². The Kier molecular flexibility index (Phi) is 6.21. The number of aromatic nitrogens is 1. The molecule has 158 valence electrons. The fourth-order valence-corrected chi connectivity index (χ4v) is 3.88. The molecule has 1 aromatic heterocycles. The fourth-order valence-electron chi connectivity index (χ4n) is 2.79. The molecule has 0 aliphatic rings. The van der Waals surface area contributed by atoms with Crippen LogP contribution in [-0.2, 0) is 23.1 Å². The van der Waals surface area contributed by atoms with Gasteiger partial charge in [0.1, 0.15) is 11.6 Å². The van der Waals surface area contributed by atoms with E-state index < -0.39 is 23.5 Å². The van der Waals surface area contributed by atoms with Crippen LogP contribution in [-0.4, -0.2) is 16.1 Å². The molecule has 30 heavy (non-hydrogen) atoms. The van der Waals surface area contributed by atoms with Crippen LogP contribution in [0.25, 0.3) is 11.5 Å². The van der Waals surface area contributed by atoms with Gasteiger partial charge in [0.2, 0.25) is 5.89 Å². The third-order valence-electron chi connectivity index (χ3n) is 4.38. The lowest BCUT2D eigenvalue weighted by Crippen LogP contribution is -2.07. The largest absolute Gasteiger partial charge is 0.481 e. The molecular weight excluding hydrogens is 422 g/mol. The second-order valence-electron chi connectivity index (χ2n) is 6.68. The molecule has 9 heteroatoms. The van der Waals surface area contributed by atoms with Gasteiger partial charge in [0.25, 0.3) is 0 Å². The van der Waals surface area contributed by atoms with Gasteiger partial charge in [0, 0.05) is 10.5 Å². The summed E-state index contributed by atoms with van der Waals surface area (Å²) < 4.78 is 57.7. The Bertz CT molecular complexity index is 1090. The van der Waals surface area contributed by atoms with Gasteiger partial charge in [0.15, 0.2) is 0 Å². The minimum Gasteiger partial charge on any atom is -0.481 e. The highest BCUT2D eigenvalue weighted by Gasteiger charge is 2.34. The Hall–Kier alpha value is -2.81. The lowest BCUT2D eigenvalue weighted by molar-refractivity contribution is -0.140. The van der Waals surface area contributed by atoms with Gasteiger partial charge < -0.3 is 9.52 Å². The molecule has 0 saturated carbocycles. The lowest BCUT2D eigenvalue weighted by Gasteiger charge is -2.08. The van der Waals surface area contributed by atoms with Crippen LogP contribution in [0, 0.1) is 19.7 Å².